The second-order valence-electron chi connectivity index (χ2n) is 3.00. The average Bonchev–Trinajstić information content (AvgIpc) is 2.69. The molecule has 2 rings (SSSR count). The zero-order valence-corrected chi connectivity index (χ0v) is 7.68. The molecule has 0 aliphatic carbocycles. The van der Waals surface area contributed by atoms with Crippen LogP contribution in [0.5, 0.6) is 0 Å². The number of furan rings is 1. The van der Waals surface area contributed by atoms with E-state index in [1.54, 1.807) is 12.5 Å². The van der Waals surface area contributed by atoms with Crippen LogP contribution in [-0.4, -0.2) is 9.97 Å². The topological polar surface area (TPSA) is 64.9 Å². The first-order valence-corrected chi connectivity index (χ1v) is 4.43. The molecule has 0 aromatic carbocycles. The van der Waals surface area contributed by atoms with E-state index >= 15 is 0 Å². The Balaban J connectivity index is 2.02. The molecule has 0 radical (unpaired) electrons. The number of nitrogens with zero attached hydrogens (tertiary/aromatic N) is 2. The molecule has 2 aromatic rings. The van der Waals surface area contributed by atoms with Gasteiger partial charge in [-0.25, -0.2) is 9.97 Å². The smallest absolute Gasteiger partial charge is 0.115 e. The van der Waals surface area contributed by atoms with Crippen molar-refractivity contribution in [2.75, 3.05) is 5.73 Å². The summed E-state index contributed by atoms with van der Waals surface area (Å²) in [4.78, 5) is 7.93. The summed E-state index contributed by atoms with van der Waals surface area (Å²) in [5, 5.41) is 0. The third-order valence-electron chi connectivity index (χ3n) is 2.02. The van der Waals surface area contributed by atoms with E-state index in [2.05, 4.69) is 9.97 Å². The van der Waals surface area contributed by atoms with E-state index in [0.29, 0.717) is 5.69 Å². The third-order valence-corrected chi connectivity index (χ3v) is 2.02. The largest absolute Gasteiger partial charge is 0.469 e. The van der Waals surface area contributed by atoms with Crippen LogP contribution in [0.1, 0.15) is 11.5 Å². The van der Waals surface area contributed by atoms with Crippen molar-refractivity contribution in [2.45, 2.75) is 12.8 Å². The quantitative estimate of drug-likeness (QED) is 0.793. The Morgan fingerprint density at radius 2 is 2.29 bits per heavy atom. The molecule has 0 saturated carbocycles. The van der Waals surface area contributed by atoms with Gasteiger partial charge in [0.2, 0.25) is 0 Å². The van der Waals surface area contributed by atoms with Crippen LogP contribution in [0.4, 0.5) is 5.69 Å². The molecule has 4 nitrogen and oxygen atoms in total. The molecule has 2 heterocycles. The molecular formula is C10H11N3O. The van der Waals surface area contributed by atoms with Crippen molar-refractivity contribution in [1.82, 2.24) is 9.97 Å². The summed E-state index contributed by atoms with van der Waals surface area (Å²) in [6.07, 6.45) is 6.38. The second-order valence-corrected chi connectivity index (χ2v) is 3.00. The van der Waals surface area contributed by atoms with Gasteiger partial charge in [-0.1, -0.05) is 0 Å². The van der Waals surface area contributed by atoms with Crippen LogP contribution < -0.4 is 5.73 Å². The lowest BCUT2D eigenvalue weighted by Gasteiger charge is -2.01. The van der Waals surface area contributed by atoms with Crippen molar-refractivity contribution < 1.29 is 4.42 Å². The predicted octanol–water partition coefficient (Wildman–Crippen LogP) is 1.44. The summed E-state index contributed by atoms with van der Waals surface area (Å²) in [5.41, 5.74) is 7.21. The minimum Gasteiger partial charge on any atom is -0.469 e. The molecule has 2 N–H and O–H groups in total. The summed E-state index contributed by atoms with van der Waals surface area (Å²) in [7, 11) is 0. The van der Waals surface area contributed by atoms with E-state index in [1.807, 2.05) is 12.1 Å². The Bertz CT molecular complexity index is 398. The molecule has 0 atom stereocenters. The third kappa shape index (κ3) is 1.90. The van der Waals surface area contributed by atoms with Crippen molar-refractivity contribution >= 4 is 5.69 Å². The summed E-state index contributed by atoms with van der Waals surface area (Å²) in [6, 6.07) is 3.82. The molecule has 2 aromatic heterocycles. The molecule has 0 saturated heterocycles. The first kappa shape index (κ1) is 8.74. The SMILES string of the molecule is Nc1cncnc1CCc1ccco1. The number of hydrogen-bond acceptors (Lipinski definition) is 4. The van der Waals surface area contributed by atoms with Crippen LogP contribution in [0.2, 0.25) is 0 Å². The summed E-state index contributed by atoms with van der Waals surface area (Å²) >= 11 is 0. The lowest BCUT2D eigenvalue weighted by Crippen LogP contribution is -2.00. The van der Waals surface area contributed by atoms with E-state index in [4.69, 9.17) is 10.2 Å². The molecule has 72 valence electrons. The van der Waals surface area contributed by atoms with E-state index in [1.165, 1.54) is 6.33 Å². The van der Waals surface area contributed by atoms with Crippen LogP contribution >= 0.6 is 0 Å². The lowest BCUT2D eigenvalue weighted by molar-refractivity contribution is 0.507. The highest BCUT2D eigenvalue weighted by Crippen LogP contribution is 2.10. The maximum Gasteiger partial charge on any atom is 0.115 e. The molecule has 0 unspecified atom stereocenters. The highest BCUT2D eigenvalue weighted by atomic mass is 16.3. The molecule has 4 heteroatoms. The van der Waals surface area contributed by atoms with Crippen molar-refractivity contribution in [3.63, 3.8) is 0 Å². The number of nitrogens with two attached hydrogens (primary N) is 1. The van der Waals surface area contributed by atoms with E-state index in [-0.39, 0.29) is 0 Å². The summed E-state index contributed by atoms with van der Waals surface area (Å²) < 4.78 is 5.21. The normalized spacial score (nSPS) is 10.3. The molecule has 0 spiro atoms. The van der Waals surface area contributed by atoms with Gasteiger partial charge >= 0.3 is 0 Å². The highest BCUT2D eigenvalue weighted by molar-refractivity contribution is 5.39. The van der Waals surface area contributed by atoms with Crippen molar-refractivity contribution in [3.05, 3.63) is 42.4 Å². The predicted molar refractivity (Wildman–Crippen MR) is 52.6 cm³/mol. The number of rotatable bonds is 3. The van der Waals surface area contributed by atoms with Gasteiger partial charge in [0.25, 0.3) is 0 Å². The number of nitrogen functional groups attached to an aromatic ring is 1. The first-order chi connectivity index (χ1) is 6.86. The minimum absolute atomic E-state index is 0.638. The Hall–Kier alpha value is -1.84. The standard InChI is InChI=1S/C10H11N3O/c11-9-6-12-7-13-10(9)4-3-8-2-1-5-14-8/h1-2,5-7H,3-4,11H2. The molecule has 0 fully saturated rings. The Kier molecular flexibility index (Phi) is 2.44. The molecular weight excluding hydrogens is 178 g/mol. The molecule has 0 bridgehead atoms. The average molecular weight is 189 g/mol. The van der Waals surface area contributed by atoms with Gasteiger partial charge in [-0.05, 0) is 18.6 Å². The molecule has 0 aliphatic rings. The molecule has 0 amide bonds. The fourth-order valence-electron chi connectivity index (χ4n) is 1.27. The van der Waals surface area contributed by atoms with Crippen molar-refractivity contribution in [3.8, 4) is 0 Å². The maximum atomic E-state index is 5.70. The van der Waals surface area contributed by atoms with Gasteiger partial charge in [-0.2, -0.15) is 0 Å². The van der Waals surface area contributed by atoms with E-state index in [9.17, 15) is 0 Å². The Morgan fingerprint density at radius 1 is 1.36 bits per heavy atom. The fourth-order valence-corrected chi connectivity index (χ4v) is 1.27. The van der Waals surface area contributed by atoms with Crippen molar-refractivity contribution in [1.29, 1.82) is 0 Å². The fraction of sp³-hybridized carbons (Fsp3) is 0.200. The molecule has 0 aliphatic heterocycles. The number of hydrogen-bond donors (Lipinski definition) is 1. The van der Waals surface area contributed by atoms with Crippen LogP contribution in [0.15, 0.2) is 35.3 Å². The first-order valence-electron chi connectivity index (χ1n) is 4.43. The van der Waals surface area contributed by atoms with Gasteiger partial charge in [-0.15, -0.1) is 0 Å². The maximum absolute atomic E-state index is 5.70. The Labute approximate surface area is 81.8 Å². The van der Waals surface area contributed by atoms with Crippen molar-refractivity contribution in [2.24, 2.45) is 0 Å². The van der Waals surface area contributed by atoms with Gasteiger partial charge < -0.3 is 10.2 Å². The summed E-state index contributed by atoms with van der Waals surface area (Å²) in [6.45, 7) is 0. The van der Waals surface area contributed by atoms with Gasteiger partial charge in [0.15, 0.2) is 0 Å². The number of aryl methyl sites for hydroxylation is 2. The second kappa shape index (κ2) is 3.91. The van der Waals surface area contributed by atoms with Crippen LogP contribution in [0.3, 0.4) is 0 Å². The van der Waals surface area contributed by atoms with Gasteiger partial charge in [0.1, 0.15) is 12.1 Å². The van der Waals surface area contributed by atoms with Gasteiger partial charge in [0.05, 0.1) is 23.8 Å². The molecule has 14 heavy (non-hydrogen) atoms. The van der Waals surface area contributed by atoms with E-state index in [0.717, 1.165) is 24.3 Å². The zero-order valence-electron chi connectivity index (χ0n) is 7.68. The summed E-state index contributed by atoms with van der Waals surface area (Å²) in [5.74, 6) is 0.947. The lowest BCUT2D eigenvalue weighted by atomic mass is 10.2. The number of anilines is 1. The number of aromatic nitrogens is 2. The van der Waals surface area contributed by atoms with Crippen LogP contribution in [0.25, 0.3) is 0 Å². The highest BCUT2D eigenvalue weighted by Gasteiger charge is 2.02. The van der Waals surface area contributed by atoms with Crippen LogP contribution in [-0.2, 0) is 12.8 Å². The van der Waals surface area contributed by atoms with Gasteiger partial charge in [0, 0.05) is 6.42 Å². The van der Waals surface area contributed by atoms with E-state index < -0.39 is 0 Å². The monoisotopic (exact) mass is 189 g/mol. The van der Waals surface area contributed by atoms with Crippen LogP contribution in [0, 0.1) is 0 Å². The minimum atomic E-state index is 0.638. The zero-order chi connectivity index (χ0) is 9.80. The Morgan fingerprint density at radius 3 is 3.00 bits per heavy atom. The van der Waals surface area contributed by atoms with Gasteiger partial charge in [-0.3, -0.25) is 0 Å².